The number of nitriles is 1. The second-order valence-electron chi connectivity index (χ2n) is 5.25. The zero-order valence-corrected chi connectivity index (χ0v) is 15.2. The van der Waals surface area contributed by atoms with Crippen LogP contribution in [0, 0.1) is 18.3 Å². The maximum absolute atomic E-state index is 12.8. The van der Waals surface area contributed by atoms with Crippen LogP contribution in [-0.4, -0.2) is 24.8 Å². The minimum absolute atomic E-state index is 0.129. The lowest BCUT2D eigenvalue weighted by Crippen LogP contribution is -2.29. The molecule has 0 aliphatic rings. The summed E-state index contributed by atoms with van der Waals surface area (Å²) in [5.74, 6) is 0. The summed E-state index contributed by atoms with van der Waals surface area (Å²) in [4.78, 5) is 5.55. The van der Waals surface area contributed by atoms with Gasteiger partial charge in [0.2, 0.25) is 10.0 Å². The number of aryl methyl sites for hydroxylation is 2. The molecule has 1 unspecified atom stereocenters. The van der Waals surface area contributed by atoms with Crippen LogP contribution in [0.25, 0.3) is 0 Å². The second-order valence-corrected chi connectivity index (χ2v) is 8.36. The molecular formula is C16H19N3O2S2. The van der Waals surface area contributed by atoms with Crippen molar-refractivity contribution in [3.8, 4) is 6.07 Å². The summed E-state index contributed by atoms with van der Waals surface area (Å²) >= 11 is 1.55. The van der Waals surface area contributed by atoms with Crippen LogP contribution in [0.3, 0.4) is 0 Å². The van der Waals surface area contributed by atoms with Crippen LogP contribution in [-0.2, 0) is 16.4 Å². The zero-order chi connectivity index (χ0) is 17.2. The molecule has 2 rings (SSSR count). The van der Waals surface area contributed by atoms with E-state index < -0.39 is 10.0 Å². The van der Waals surface area contributed by atoms with Crippen LogP contribution < -0.4 is 0 Å². The van der Waals surface area contributed by atoms with Gasteiger partial charge in [0.1, 0.15) is 0 Å². The Bertz CT molecular complexity index is 850. The van der Waals surface area contributed by atoms with Crippen LogP contribution in [0.15, 0.2) is 29.2 Å². The fraction of sp³-hybridized carbons (Fsp3) is 0.375. The highest BCUT2D eigenvalue weighted by Crippen LogP contribution is 2.32. The predicted octanol–water partition coefficient (Wildman–Crippen LogP) is 3.27. The maximum Gasteiger partial charge on any atom is 0.243 e. The van der Waals surface area contributed by atoms with Gasteiger partial charge in [-0.1, -0.05) is 13.0 Å². The number of hydrogen-bond acceptors (Lipinski definition) is 5. The second kappa shape index (κ2) is 6.79. The largest absolute Gasteiger partial charge is 0.246 e. The number of aromatic nitrogens is 1. The SMILES string of the molecule is CCc1nc(C)c(C(C)N(C)S(=O)(=O)c2cccc(C#N)c2)s1. The third kappa shape index (κ3) is 3.44. The number of hydrogen-bond donors (Lipinski definition) is 0. The van der Waals surface area contributed by atoms with E-state index in [9.17, 15) is 8.42 Å². The molecule has 0 aliphatic carbocycles. The number of thiazole rings is 1. The fourth-order valence-electron chi connectivity index (χ4n) is 2.27. The van der Waals surface area contributed by atoms with Crippen LogP contribution in [0.2, 0.25) is 0 Å². The highest BCUT2D eigenvalue weighted by Gasteiger charge is 2.28. The van der Waals surface area contributed by atoms with E-state index in [0.29, 0.717) is 5.56 Å². The highest BCUT2D eigenvalue weighted by molar-refractivity contribution is 7.89. The van der Waals surface area contributed by atoms with Crippen molar-refractivity contribution < 1.29 is 8.42 Å². The van der Waals surface area contributed by atoms with Crippen molar-refractivity contribution >= 4 is 21.4 Å². The molecule has 1 atom stereocenters. The average molecular weight is 349 g/mol. The van der Waals surface area contributed by atoms with Crippen LogP contribution in [0.1, 0.15) is 41.0 Å². The predicted molar refractivity (Wildman–Crippen MR) is 90.7 cm³/mol. The lowest BCUT2D eigenvalue weighted by Gasteiger charge is -2.24. The van der Waals surface area contributed by atoms with Crippen LogP contribution in [0.4, 0.5) is 0 Å². The van der Waals surface area contributed by atoms with Gasteiger partial charge in [0.05, 0.1) is 33.3 Å². The van der Waals surface area contributed by atoms with E-state index in [0.717, 1.165) is 22.0 Å². The Kier molecular flexibility index (Phi) is 5.19. The smallest absolute Gasteiger partial charge is 0.243 e. The maximum atomic E-state index is 12.8. The lowest BCUT2D eigenvalue weighted by atomic mass is 10.2. The average Bonchev–Trinajstić information content (AvgIpc) is 2.94. The molecule has 5 nitrogen and oxygen atoms in total. The first-order valence-electron chi connectivity index (χ1n) is 7.25. The first kappa shape index (κ1) is 17.6. The first-order chi connectivity index (χ1) is 10.8. The molecule has 0 saturated heterocycles. The third-order valence-corrected chi connectivity index (χ3v) is 7.14. The summed E-state index contributed by atoms with van der Waals surface area (Å²) in [5, 5.41) is 9.96. The molecule has 0 amide bonds. The van der Waals surface area contributed by atoms with Crippen molar-refractivity contribution in [2.45, 2.75) is 38.1 Å². The molecule has 1 aromatic carbocycles. The molecule has 1 heterocycles. The Balaban J connectivity index is 2.39. The molecule has 122 valence electrons. The summed E-state index contributed by atoms with van der Waals surface area (Å²) in [7, 11) is -2.11. The summed E-state index contributed by atoms with van der Waals surface area (Å²) in [6, 6.07) is 7.73. The minimum atomic E-state index is -3.67. The molecule has 0 fully saturated rings. The molecule has 23 heavy (non-hydrogen) atoms. The van der Waals surface area contributed by atoms with Crippen LogP contribution in [0.5, 0.6) is 0 Å². The lowest BCUT2D eigenvalue weighted by molar-refractivity contribution is 0.401. The molecule has 2 aromatic rings. The van der Waals surface area contributed by atoms with E-state index in [1.165, 1.54) is 16.4 Å². The monoisotopic (exact) mass is 349 g/mol. The Morgan fingerprint density at radius 1 is 1.43 bits per heavy atom. The van der Waals surface area contributed by atoms with Gasteiger partial charge in [0, 0.05) is 11.9 Å². The number of benzene rings is 1. The van der Waals surface area contributed by atoms with Gasteiger partial charge in [-0.05, 0) is 38.5 Å². The van der Waals surface area contributed by atoms with Crippen molar-refractivity contribution in [2.75, 3.05) is 7.05 Å². The quantitative estimate of drug-likeness (QED) is 0.830. The molecule has 0 spiro atoms. The molecule has 0 saturated carbocycles. The van der Waals surface area contributed by atoms with E-state index >= 15 is 0 Å². The number of rotatable bonds is 5. The summed E-state index contributed by atoms with van der Waals surface area (Å²) < 4.78 is 26.9. The zero-order valence-electron chi connectivity index (χ0n) is 13.6. The van der Waals surface area contributed by atoms with Gasteiger partial charge in [0.15, 0.2) is 0 Å². The molecular weight excluding hydrogens is 330 g/mol. The molecule has 7 heteroatoms. The standard InChI is InChI=1S/C16H19N3O2S2/c1-5-15-18-11(2)16(22-15)12(3)19(4)23(20,21)14-8-6-7-13(9-14)10-17/h6-9,12H,5H2,1-4H3. The Morgan fingerprint density at radius 3 is 2.70 bits per heavy atom. The Morgan fingerprint density at radius 2 is 2.13 bits per heavy atom. The van der Waals surface area contributed by atoms with E-state index in [1.807, 2.05) is 26.8 Å². The molecule has 1 aromatic heterocycles. The molecule has 0 radical (unpaired) electrons. The van der Waals surface area contributed by atoms with Gasteiger partial charge in [-0.2, -0.15) is 9.57 Å². The normalized spacial score (nSPS) is 13.0. The topological polar surface area (TPSA) is 74.1 Å². The van der Waals surface area contributed by atoms with E-state index in [4.69, 9.17) is 5.26 Å². The third-order valence-electron chi connectivity index (χ3n) is 3.74. The van der Waals surface area contributed by atoms with E-state index in [-0.39, 0.29) is 10.9 Å². The van der Waals surface area contributed by atoms with Crippen LogP contribution >= 0.6 is 11.3 Å². The highest BCUT2D eigenvalue weighted by atomic mass is 32.2. The number of sulfonamides is 1. The summed E-state index contributed by atoms with van der Waals surface area (Å²) in [6.45, 7) is 5.78. The van der Waals surface area contributed by atoms with Gasteiger partial charge in [-0.25, -0.2) is 13.4 Å². The van der Waals surface area contributed by atoms with Crippen molar-refractivity contribution in [3.05, 3.63) is 45.4 Å². The van der Waals surface area contributed by atoms with Crippen molar-refractivity contribution in [2.24, 2.45) is 0 Å². The molecule has 0 bridgehead atoms. The van der Waals surface area contributed by atoms with Gasteiger partial charge < -0.3 is 0 Å². The van der Waals surface area contributed by atoms with Crippen molar-refractivity contribution in [1.82, 2.24) is 9.29 Å². The van der Waals surface area contributed by atoms with Gasteiger partial charge in [-0.3, -0.25) is 0 Å². The van der Waals surface area contributed by atoms with E-state index in [2.05, 4.69) is 4.98 Å². The van der Waals surface area contributed by atoms with Gasteiger partial charge in [0.25, 0.3) is 0 Å². The van der Waals surface area contributed by atoms with Crippen molar-refractivity contribution in [3.63, 3.8) is 0 Å². The van der Waals surface area contributed by atoms with Gasteiger partial charge >= 0.3 is 0 Å². The summed E-state index contributed by atoms with van der Waals surface area (Å²) in [5.41, 5.74) is 1.20. The Labute approximate surface area is 141 Å². The van der Waals surface area contributed by atoms with E-state index in [1.54, 1.807) is 30.5 Å². The minimum Gasteiger partial charge on any atom is -0.246 e. The first-order valence-corrected chi connectivity index (χ1v) is 9.51. The molecule has 0 aliphatic heterocycles. The molecule has 0 N–H and O–H groups in total. The fourth-order valence-corrected chi connectivity index (χ4v) is 4.82. The Hall–Kier alpha value is -1.75. The van der Waals surface area contributed by atoms with Crippen molar-refractivity contribution in [1.29, 1.82) is 5.26 Å². The number of nitrogens with zero attached hydrogens (tertiary/aromatic N) is 3. The van der Waals surface area contributed by atoms with Gasteiger partial charge in [-0.15, -0.1) is 11.3 Å². The summed E-state index contributed by atoms with van der Waals surface area (Å²) in [6.07, 6.45) is 0.832.